The smallest absolute Gasteiger partial charge is 0.243 e. The van der Waals surface area contributed by atoms with Gasteiger partial charge in [-0.1, -0.05) is 25.9 Å². The van der Waals surface area contributed by atoms with Crippen LogP contribution in [0.2, 0.25) is 0 Å². The van der Waals surface area contributed by atoms with E-state index in [4.69, 9.17) is 4.52 Å². The van der Waals surface area contributed by atoms with Crippen molar-refractivity contribution in [2.24, 2.45) is 0 Å². The van der Waals surface area contributed by atoms with E-state index < -0.39 is 0 Å². The van der Waals surface area contributed by atoms with Gasteiger partial charge in [-0.05, 0) is 13.5 Å². The molecule has 1 saturated heterocycles. The van der Waals surface area contributed by atoms with Crippen LogP contribution in [0.3, 0.4) is 0 Å². The first kappa shape index (κ1) is 13.5. The first-order chi connectivity index (χ1) is 8.61. The van der Waals surface area contributed by atoms with Crippen molar-refractivity contribution in [1.82, 2.24) is 19.9 Å². The van der Waals surface area contributed by atoms with Gasteiger partial charge < -0.3 is 9.42 Å². The third-order valence-corrected chi connectivity index (χ3v) is 3.73. The fraction of sp³-hybridized carbons (Fsp3) is 0.846. The average molecular weight is 252 g/mol. The first-order valence-electron chi connectivity index (χ1n) is 6.91. The Morgan fingerprint density at radius 1 is 1.17 bits per heavy atom. The highest BCUT2D eigenvalue weighted by Crippen LogP contribution is 2.21. The van der Waals surface area contributed by atoms with Gasteiger partial charge in [0, 0.05) is 32.1 Å². The summed E-state index contributed by atoms with van der Waals surface area (Å²) < 4.78 is 5.38. The molecule has 2 heterocycles. The van der Waals surface area contributed by atoms with Crippen LogP contribution in [0.25, 0.3) is 0 Å². The quantitative estimate of drug-likeness (QED) is 0.819. The Balaban J connectivity index is 1.96. The molecule has 1 aliphatic rings. The summed E-state index contributed by atoms with van der Waals surface area (Å²) in [5.74, 6) is 1.89. The molecule has 1 aromatic rings. The second-order valence-corrected chi connectivity index (χ2v) is 5.29. The summed E-state index contributed by atoms with van der Waals surface area (Å²) in [6, 6.07) is 0.226. The van der Waals surface area contributed by atoms with Gasteiger partial charge in [0.25, 0.3) is 0 Å². The minimum absolute atomic E-state index is 0.226. The lowest BCUT2D eigenvalue weighted by Crippen LogP contribution is -2.46. The van der Waals surface area contributed by atoms with E-state index in [0.29, 0.717) is 5.92 Å². The van der Waals surface area contributed by atoms with Gasteiger partial charge in [-0.25, -0.2) is 0 Å². The Labute approximate surface area is 109 Å². The highest BCUT2D eigenvalue weighted by Gasteiger charge is 2.25. The average Bonchev–Trinajstić information content (AvgIpc) is 2.88. The van der Waals surface area contributed by atoms with Gasteiger partial charge in [0.2, 0.25) is 5.89 Å². The molecule has 0 spiro atoms. The predicted molar refractivity (Wildman–Crippen MR) is 70.5 cm³/mol. The SMILES string of the molecule is CCN1CCN([C@H](C)c2nc(C(C)C)no2)CC1. The molecule has 0 amide bonds. The van der Waals surface area contributed by atoms with Crippen LogP contribution in [-0.4, -0.2) is 52.7 Å². The molecule has 2 rings (SSSR count). The van der Waals surface area contributed by atoms with Gasteiger partial charge in [0.1, 0.15) is 0 Å². The van der Waals surface area contributed by atoms with Crippen LogP contribution in [0.4, 0.5) is 0 Å². The Bertz CT molecular complexity index is 369. The molecule has 0 radical (unpaired) electrons. The van der Waals surface area contributed by atoms with Crippen molar-refractivity contribution in [2.75, 3.05) is 32.7 Å². The minimum Gasteiger partial charge on any atom is -0.338 e. The largest absolute Gasteiger partial charge is 0.338 e. The zero-order valence-corrected chi connectivity index (χ0v) is 11.9. The zero-order chi connectivity index (χ0) is 13.1. The van der Waals surface area contributed by atoms with E-state index >= 15 is 0 Å². The third-order valence-electron chi connectivity index (χ3n) is 3.73. The lowest BCUT2D eigenvalue weighted by Gasteiger charge is -2.36. The number of likely N-dealkylation sites (N-methyl/N-ethyl adjacent to an activating group) is 1. The van der Waals surface area contributed by atoms with E-state index in [1.807, 2.05) is 0 Å². The fourth-order valence-corrected chi connectivity index (χ4v) is 2.27. The van der Waals surface area contributed by atoms with Gasteiger partial charge in [0.15, 0.2) is 5.82 Å². The van der Waals surface area contributed by atoms with Crippen LogP contribution < -0.4 is 0 Å². The maximum atomic E-state index is 5.38. The maximum absolute atomic E-state index is 5.38. The Hall–Kier alpha value is -0.940. The summed E-state index contributed by atoms with van der Waals surface area (Å²) >= 11 is 0. The predicted octanol–water partition coefficient (Wildman–Crippen LogP) is 1.89. The monoisotopic (exact) mass is 252 g/mol. The molecule has 102 valence electrons. The Morgan fingerprint density at radius 2 is 1.83 bits per heavy atom. The molecule has 0 saturated carbocycles. The number of rotatable bonds is 4. The number of hydrogen-bond acceptors (Lipinski definition) is 5. The summed E-state index contributed by atoms with van der Waals surface area (Å²) in [5, 5.41) is 4.04. The van der Waals surface area contributed by atoms with Crippen molar-refractivity contribution in [1.29, 1.82) is 0 Å². The number of piperazine rings is 1. The summed E-state index contributed by atoms with van der Waals surface area (Å²) in [4.78, 5) is 9.38. The second kappa shape index (κ2) is 5.80. The van der Waals surface area contributed by atoms with Crippen LogP contribution >= 0.6 is 0 Å². The van der Waals surface area contributed by atoms with E-state index in [2.05, 4.69) is 47.6 Å². The van der Waals surface area contributed by atoms with E-state index in [1.165, 1.54) is 0 Å². The van der Waals surface area contributed by atoms with Crippen LogP contribution in [0.1, 0.15) is 51.4 Å². The molecule has 1 atom stereocenters. The highest BCUT2D eigenvalue weighted by molar-refractivity contribution is 4.96. The maximum Gasteiger partial charge on any atom is 0.243 e. The topological polar surface area (TPSA) is 45.4 Å². The standard InChI is InChI=1S/C13H24N4O/c1-5-16-6-8-17(9-7-16)11(4)13-14-12(10(2)3)15-18-13/h10-11H,5-9H2,1-4H3/t11-/m1/s1. The molecule has 0 aliphatic carbocycles. The summed E-state index contributed by atoms with van der Waals surface area (Å²) in [5.41, 5.74) is 0. The van der Waals surface area contributed by atoms with E-state index in [0.717, 1.165) is 44.4 Å². The van der Waals surface area contributed by atoms with E-state index in [1.54, 1.807) is 0 Å². The van der Waals surface area contributed by atoms with Crippen LogP contribution in [0, 0.1) is 0 Å². The van der Waals surface area contributed by atoms with Gasteiger partial charge in [-0.15, -0.1) is 0 Å². The van der Waals surface area contributed by atoms with Crippen LogP contribution in [0.15, 0.2) is 4.52 Å². The number of hydrogen-bond donors (Lipinski definition) is 0. The molecular formula is C13H24N4O. The van der Waals surface area contributed by atoms with Crippen molar-refractivity contribution >= 4 is 0 Å². The lowest BCUT2D eigenvalue weighted by atomic mass is 10.2. The van der Waals surface area contributed by atoms with Gasteiger partial charge in [-0.3, -0.25) is 4.90 Å². The molecule has 1 aromatic heterocycles. The Kier molecular flexibility index (Phi) is 4.35. The van der Waals surface area contributed by atoms with Crippen molar-refractivity contribution in [3.8, 4) is 0 Å². The van der Waals surface area contributed by atoms with Crippen molar-refractivity contribution in [2.45, 2.75) is 39.7 Å². The zero-order valence-electron chi connectivity index (χ0n) is 11.9. The van der Waals surface area contributed by atoms with E-state index in [-0.39, 0.29) is 6.04 Å². The molecule has 1 fully saturated rings. The summed E-state index contributed by atoms with van der Waals surface area (Å²) in [6.07, 6.45) is 0. The summed E-state index contributed by atoms with van der Waals surface area (Å²) in [6.45, 7) is 14.1. The minimum atomic E-state index is 0.226. The molecule has 0 aromatic carbocycles. The summed E-state index contributed by atoms with van der Waals surface area (Å²) in [7, 11) is 0. The number of nitrogens with zero attached hydrogens (tertiary/aromatic N) is 4. The molecular weight excluding hydrogens is 228 g/mol. The normalized spacial score (nSPS) is 20.5. The molecule has 0 bridgehead atoms. The van der Waals surface area contributed by atoms with Crippen molar-refractivity contribution < 1.29 is 4.52 Å². The number of aromatic nitrogens is 2. The molecule has 5 heteroatoms. The second-order valence-electron chi connectivity index (χ2n) is 5.29. The first-order valence-corrected chi connectivity index (χ1v) is 6.91. The van der Waals surface area contributed by atoms with E-state index in [9.17, 15) is 0 Å². The lowest BCUT2D eigenvalue weighted by molar-refractivity contribution is 0.0914. The Morgan fingerprint density at radius 3 is 2.33 bits per heavy atom. The molecule has 1 aliphatic heterocycles. The molecule has 0 unspecified atom stereocenters. The van der Waals surface area contributed by atoms with Crippen LogP contribution in [-0.2, 0) is 0 Å². The molecule has 0 N–H and O–H groups in total. The molecule has 5 nitrogen and oxygen atoms in total. The van der Waals surface area contributed by atoms with Gasteiger partial charge in [0.05, 0.1) is 6.04 Å². The molecule has 18 heavy (non-hydrogen) atoms. The van der Waals surface area contributed by atoms with Crippen molar-refractivity contribution in [3.05, 3.63) is 11.7 Å². The van der Waals surface area contributed by atoms with Crippen molar-refractivity contribution in [3.63, 3.8) is 0 Å². The third kappa shape index (κ3) is 2.90. The van der Waals surface area contributed by atoms with Crippen LogP contribution in [0.5, 0.6) is 0 Å². The fourth-order valence-electron chi connectivity index (χ4n) is 2.27. The van der Waals surface area contributed by atoms with Gasteiger partial charge in [-0.2, -0.15) is 4.98 Å². The van der Waals surface area contributed by atoms with Gasteiger partial charge >= 0.3 is 0 Å². The highest BCUT2D eigenvalue weighted by atomic mass is 16.5.